The van der Waals surface area contributed by atoms with E-state index in [1.807, 2.05) is 0 Å². The quantitative estimate of drug-likeness (QED) is 0.729. The molecule has 2 N–H and O–H groups in total. The van der Waals surface area contributed by atoms with Gasteiger partial charge in [0.15, 0.2) is 0 Å². The van der Waals surface area contributed by atoms with Crippen LogP contribution in [0.15, 0.2) is 40.9 Å². The van der Waals surface area contributed by atoms with Gasteiger partial charge in [-0.15, -0.1) is 0 Å². The highest BCUT2D eigenvalue weighted by Crippen LogP contribution is 2.31. The largest absolute Gasteiger partial charge is 0.398 e. The summed E-state index contributed by atoms with van der Waals surface area (Å²) in [5.74, 6) is -1.00. The van der Waals surface area contributed by atoms with Gasteiger partial charge in [-0.3, -0.25) is 0 Å². The standard InChI is InChI=1S/C14H8ClF2N3O/c15-9-6-7(16)4-5-8(9)13-19-14(21-20-13)12-10(17)2-1-3-11(12)18/h1-6H,18H2. The number of benzene rings is 2. The highest BCUT2D eigenvalue weighted by molar-refractivity contribution is 6.33. The Balaban J connectivity index is 2.08. The Bertz CT molecular complexity index is 799. The summed E-state index contributed by atoms with van der Waals surface area (Å²) in [5.41, 5.74) is 6.28. The summed E-state index contributed by atoms with van der Waals surface area (Å²) in [6, 6.07) is 7.99. The topological polar surface area (TPSA) is 64.9 Å². The molecule has 0 aliphatic heterocycles. The molecule has 0 aliphatic rings. The zero-order chi connectivity index (χ0) is 15.0. The zero-order valence-electron chi connectivity index (χ0n) is 10.5. The summed E-state index contributed by atoms with van der Waals surface area (Å²) in [6.45, 7) is 0. The van der Waals surface area contributed by atoms with E-state index in [9.17, 15) is 8.78 Å². The summed E-state index contributed by atoms with van der Waals surface area (Å²) < 4.78 is 31.8. The van der Waals surface area contributed by atoms with Crippen molar-refractivity contribution < 1.29 is 13.3 Å². The van der Waals surface area contributed by atoms with Gasteiger partial charge in [0, 0.05) is 11.3 Å². The smallest absolute Gasteiger partial charge is 0.263 e. The van der Waals surface area contributed by atoms with Gasteiger partial charge in [0.1, 0.15) is 11.6 Å². The molecule has 3 aromatic rings. The predicted molar refractivity (Wildman–Crippen MR) is 74.5 cm³/mol. The minimum Gasteiger partial charge on any atom is -0.398 e. The van der Waals surface area contributed by atoms with Crippen molar-refractivity contribution in [3.05, 3.63) is 53.1 Å². The number of rotatable bonds is 2. The molecule has 0 unspecified atom stereocenters. The average molecular weight is 308 g/mol. The first-order chi connectivity index (χ1) is 10.1. The predicted octanol–water partition coefficient (Wildman–Crippen LogP) is 3.92. The van der Waals surface area contributed by atoms with Crippen LogP contribution < -0.4 is 5.73 Å². The second kappa shape index (κ2) is 5.14. The van der Waals surface area contributed by atoms with Gasteiger partial charge in [-0.2, -0.15) is 4.98 Å². The van der Waals surface area contributed by atoms with E-state index in [0.29, 0.717) is 5.56 Å². The van der Waals surface area contributed by atoms with Crippen LogP contribution in [0.1, 0.15) is 0 Å². The summed E-state index contributed by atoms with van der Waals surface area (Å²) in [7, 11) is 0. The van der Waals surface area contributed by atoms with Crippen LogP contribution in [0.25, 0.3) is 22.8 Å². The van der Waals surface area contributed by atoms with Crippen LogP contribution in [0, 0.1) is 11.6 Å². The second-order valence-electron chi connectivity index (χ2n) is 4.25. The maximum absolute atomic E-state index is 13.8. The Morgan fingerprint density at radius 1 is 1.14 bits per heavy atom. The van der Waals surface area contributed by atoms with E-state index >= 15 is 0 Å². The lowest BCUT2D eigenvalue weighted by Crippen LogP contribution is -1.93. The lowest BCUT2D eigenvalue weighted by Gasteiger charge is -2.01. The number of hydrogen-bond acceptors (Lipinski definition) is 4. The van der Waals surface area contributed by atoms with Crippen molar-refractivity contribution in [2.75, 3.05) is 5.73 Å². The minimum atomic E-state index is -0.574. The lowest BCUT2D eigenvalue weighted by molar-refractivity contribution is 0.430. The van der Waals surface area contributed by atoms with Crippen LogP contribution in [0.2, 0.25) is 5.02 Å². The fourth-order valence-corrected chi connectivity index (χ4v) is 2.12. The fraction of sp³-hybridized carbons (Fsp3) is 0. The molecule has 0 saturated carbocycles. The van der Waals surface area contributed by atoms with Gasteiger partial charge in [0.25, 0.3) is 5.89 Å². The number of halogens is 3. The second-order valence-corrected chi connectivity index (χ2v) is 4.66. The molecule has 0 atom stereocenters. The van der Waals surface area contributed by atoms with E-state index in [4.69, 9.17) is 21.9 Å². The van der Waals surface area contributed by atoms with Crippen LogP contribution in [0.5, 0.6) is 0 Å². The third kappa shape index (κ3) is 2.45. The summed E-state index contributed by atoms with van der Waals surface area (Å²) >= 11 is 5.92. The lowest BCUT2D eigenvalue weighted by atomic mass is 10.1. The molecule has 0 radical (unpaired) electrons. The Morgan fingerprint density at radius 3 is 2.67 bits per heavy atom. The van der Waals surface area contributed by atoms with Gasteiger partial charge in [-0.25, -0.2) is 8.78 Å². The van der Waals surface area contributed by atoms with E-state index in [2.05, 4.69) is 10.1 Å². The number of anilines is 1. The third-order valence-corrected chi connectivity index (χ3v) is 3.17. The molecule has 106 valence electrons. The molecular formula is C14H8ClF2N3O. The maximum Gasteiger partial charge on any atom is 0.263 e. The maximum atomic E-state index is 13.8. The number of nitrogen functional groups attached to an aromatic ring is 1. The average Bonchev–Trinajstić information content (AvgIpc) is 2.87. The van der Waals surface area contributed by atoms with Gasteiger partial charge in [-0.05, 0) is 30.3 Å². The van der Waals surface area contributed by atoms with E-state index in [0.717, 1.165) is 6.07 Å². The normalized spacial score (nSPS) is 10.8. The van der Waals surface area contributed by atoms with Crippen molar-refractivity contribution in [3.63, 3.8) is 0 Å². The molecule has 0 spiro atoms. The first kappa shape index (κ1) is 13.5. The first-order valence-electron chi connectivity index (χ1n) is 5.90. The van der Waals surface area contributed by atoms with Crippen LogP contribution in [0.4, 0.5) is 14.5 Å². The van der Waals surface area contributed by atoms with E-state index in [-0.39, 0.29) is 28.0 Å². The molecule has 1 heterocycles. The molecule has 7 heteroatoms. The molecule has 0 saturated heterocycles. The molecule has 0 fully saturated rings. The molecule has 0 bridgehead atoms. The molecule has 0 aliphatic carbocycles. The Labute approximate surface area is 123 Å². The van der Waals surface area contributed by atoms with Gasteiger partial charge in [-0.1, -0.05) is 22.8 Å². The van der Waals surface area contributed by atoms with Crippen LogP contribution in [0.3, 0.4) is 0 Å². The van der Waals surface area contributed by atoms with Crippen molar-refractivity contribution in [2.24, 2.45) is 0 Å². The van der Waals surface area contributed by atoms with E-state index in [1.54, 1.807) is 0 Å². The highest BCUT2D eigenvalue weighted by Gasteiger charge is 2.18. The molecule has 3 rings (SSSR count). The molecule has 4 nitrogen and oxygen atoms in total. The zero-order valence-corrected chi connectivity index (χ0v) is 11.2. The SMILES string of the molecule is Nc1cccc(F)c1-c1nc(-c2ccc(F)cc2Cl)no1. The van der Waals surface area contributed by atoms with Crippen molar-refractivity contribution in [2.45, 2.75) is 0 Å². The Hall–Kier alpha value is -2.47. The Morgan fingerprint density at radius 2 is 1.95 bits per heavy atom. The number of hydrogen-bond donors (Lipinski definition) is 1. The first-order valence-corrected chi connectivity index (χ1v) is 6.27. The summed E-state index contributed by atoms with van der Waals surface area (Å²) in [4.78, 5) is 4.06. The highest BCUT2D eigenvalue weighted by atomic mass is 35.5. The van der Waals surface area contributed by atoms with E-state index in [1.165, 1.54) is 30.3 Å². The Kier molecular flexibility index (Phi) is 3.31. The van der Waals surface area contributed by atoms with E-state index < -0.39 is 11.6 Å². The van der Waals surface area contributed by atoms with Crippen LogP contribution in [-0.2, 0) is 0 Å². The number of aromatic nitrogens is 2. The molecule has 1 aromatic heterocycles. The van der Waals surface area contributed by atoms with Crippen molar-refractivity contribution in [1.29, 1.82) is 0 Å². The molecule has 21 heavy (non-hydrogen) atoms. The molecule has 2 aromatic carbocycles. The summed E-state index contributed by atoms with van der Waals surface area (Å²) in [6.07, 6.45) is 0. The number of nitrogens with zero attached hydrogens (tertiary/aromatic N) is 2. The number of nitrogens with two attached hydrogens (primary N) is 1. The van der Waals surface area contributed by atoms with Gasteiger partial charge in [0.05, 0.1) is 10.6 Å². The molecule has 0 amide bonds. The van der Waals surface area contributed by atoms with Gasteiger partial charge in [0.2, 0.25) is 5.82 Å². The third-order valence-electron chi connectivity index (χ3n) is 2.86. The van der Waals surface area contributed by atoms with Gasteiger partial charge >= 0.3 is 0 Å². The van der Waals surface area contributed by atoms with Crippen molar-refractivity contribution in [1.82, 2.24) is 10.1 Å². The minimum absolute atomic E-state index is 0.0227. The van der Waals surface area contributed by atoms with Crippen LogP contribution >= 0.6 is 11.6 Å². The monoisotopic (exact) mass is 307 g/mol. The van der Waals surface area contributed by atoms with Crippen molar-refractivity contribution >= 4 is 17.3 Å². The molecular weight excluding hydrogens is 300 g/mol. The summed E-state index contributed by atoms with van der Waals surface area (Å²) in [5, 5.41) is 3.85. The fourth-order valence-electron chi connectivity index (χ4n) is 1.87. The van der Waals surface area contributed by atoms with Crippen LogP contribution in [-0.4, -0.2) is 10.1 Å². The van der Waals surface area contributed by atoms with Gasteiger partial charge < -0.3 is 10.3 Å². The van der Waals surface area contributed by atoms with Crippen molar-refractivity contribution in [3.8, 4) is 22.8 Å².